The highest BCUT2D eigenvalue weighted by Gasteiger charge is 2.12. The van der Waals surface area contributed by atoms with Crippen molar-refractivity contribution in [1.29, 1.82) is 0 Å². The fraction of sp³-hybridized carbons (Fsp3) is 0.167. The van der Waals surface area contributed by atoms with Crippen LogP contribution in [0.1, 0.15) is 16.2 Å². The van der Waals surface area contributed by atoms with Crippen LogP contribution in [0, 0.1) is 12.7 Å². The number of ether oxygens (including phenoxy) is 2. The zero-order valence-electron chi connectivity index (χ0n) is 13.4. The van der Waals surface area contributed by atoms with E-state index < -0.39 is 11.8 Å². The first-order valence-corrected chi connectivity index (χ1v) is 7.58. The molecule has 128 valence electrons. The van der Waals surface area contributed by atoms with Gasteiger partial charge in [0.2, 0.25) is 11.8 Å². The van der Waals surface area contributed by atoms with Crippen LogP contribution in [0.3, 0.4) is 0 Å². The first-order valence-electron chi connectivity index (χ1n) is 7.58. The number of rotatable bonds is 6. The van der Waals surface area contributed by atoms with Gasteiger partial charge < -0.3 is 13.9 Å². The van der Waals surface area contributed by atoms with Gasteiger partial charge in [-0.05, 0) is 30.3 Å². The summed E-state index contributed by atoms with van der Waals surface area (Å²) in [6, 6.07) is 12.7. The van der Waals surface area contributed by atoms with Gasteiger partial charge in [0.05, 0.1) is 5.56 Å². The zero-order chi connectivity index (χ0) is 17.6. The molecule has 1 heterocycles. The maximum Gasteiger partial charge on any atom is 0.338 e. The molecule has 0 amide bonds. The molecule has 0 atom stereocenters. The Hall–Kier alpha value is -3.22. The molecule has 0 radical (unpaired) electrons. The van der Waals surface area contributed by atoms with Crippen LogP contribution in [0.15, 0.2) is 52.9 Å². The first kappa shape index (κ1) is 16.6. The molecule has 7 heteroatoms. The van der Waals surface area contributed by atoms with Crippen LogP contribution in [-0.4, -0.2) is 29.4 Å². The van der Waals surface area contributed by atoms with Crippen LogP contribution < -0.4 is 4.74 Å². The van der Waals surface area contributed by atoms with Crippen molar-refractivity contribution in [3.05, 3.63) is 65.8 Å². The number of para-hydroxylation sites is 1. The Morgan fingerprint density at radius 3 is 2.72 bits per heavy atom. The molecule has 0 aliphatic rings. The second kappa shape index (κ2) is 7.57. The van der Waals surface area contributed by atoms with Gasteiger partial charge in [-0.2, -0.15) is 0 Å². The number of aromatic nitrogens is 2. The van der Waals surface area contributed by atoms with Gasteiger partial charge in [-0.3, -0.25) is 0 Å². The molecule has 1 aromatic heterocycles. The Kier molecular flexibility index (Phi) is 5.03. The van der Waals surface area contributed by atoms with Gasteiger partial charge in [-0.15, -0.1) is 10.2 Å². The second-order valence-corrected chi connectivity index (χ2v) is 5.12. The summed E-state index contributed by atoms with van der Waals surface area (Å²) in [6.45, 7) is 1.73. The molecule has 2 aromatic carbocycles. The largest absolute Gasteiger partial charge is 0.487 e. The highest BCUT2D eigenvalue weighted by atomic mass is 19.1. The van der Waals surface area contributed by atoms with Crippen molar-refractivity contribution in [2.24, 2.45) is 0 Å². The summed E-state index contributed by atoms with van der Waals surface area (Å²) < 4.78 is 29.1. The quantitative estimate of drug-likeness (QED) is 0.505. The van der Waals surface area contributed by atoms with Gasteiger partial charge in [0.25, 0.3) is 0 Å². The lowest BCUT2D eigenvalue weighted by atomic mass is 10.1. The molecule has 0 unspecified atom stereocenters. The third kappa shape index (κ3) is 4.20. The molecule has 3 aromatic rings. The third-order valence-electron chi connectivity index (χ3n) is 3.28. The van der Waals surface area contributed by atoms with Gasteiger partial charge >= 0.3 is 5.97 Å². The average Bonchev–Trinajstić information content (AvgIpc) is 3.06. The molecule has 0 saturated carbocycles. The van der Waals surface area contributed by atoms with Crippen molar-refractivity contribution in [3.8, 4) is 17.2 Å². The molecular formula is C18H15FN2O4. The molecule has 0 aliphatic carbocycles. The lowest BCUT2D eigenvalue weighted by Gasteiger charge is -2.08. The first-order chi connectivity index (χ1) is 12.1. The van der Waals surface area contributed by atoms with Gasteiger partial charge in [-0.1, -0.05) is 18.2 Å². The van der Waals surface area contributed by atoms with Crippen LogP contribution >= 0.6 is 0 Å². The number of esters is 1. The van der Waals surface area contributed by atoms with E-state index in [9.17, 15) is 9.18 Å². The summed E-state index contributed by atoms with van der Waals surface area (Å²) in [5.74, 6) is -0.0952. The smallest absolute Gasteiger partial charge is 0.338 e. The molecule has 0 spiro atoms. The van der Waals surface area contributed by atoms with Crippen molar-refractivity contribution < 1.29 is 23.1 Å². The lowest BCUT2D eigenvalue weighted by molar-refractivity contribution is 0.0448. The van der Waals surface area contributed by atoms with E-state index in [2.05, 4.69) is 10.2 Å². The number of carbonyl (C=O) groups excluding carboxylic acids is 1. The molecule has 0 bridgehead atoms. The summed E-state index contributed by atoms with van der Waals surface area (Å²) in [5, 5.41) is 7.66. The monoisotopic (exact) mass is 342 g/mol. The van der Waals surface area contributed by atoms with Crippen molar-refractivity contribution in [2.45, 2.75) is 6.92 Å². The Balaban J connectivity index is 1.56. The zero-order valence-corrected chi connectivity index (χ0v) is 13.4. The van der Waals surface area contributed by atoms with E-state index in [0.29, 0.717) is 22.9 Å². The second-order valence-electron chi connectivity index (χ2n) is 5.12. The Bertz CT molecular complexity index is 879. The number of aryl methyl sites for hydroxylation is 1. The molecule has 6 nitrogen and oxygen atoms in total. The molecular weight excluding hydrogens is 327 g/mol. The Labute approximate surface area is 143 Å². The van der Waals surface area contributed by atoms with Crippen LogP contribution in [0.25, 0.3) is 11.5 Å². The highest BCUT2D eigenvalue weighted by Crippen LogP contribution is 2.19. The number of nitrogens with zero attached hydrogens (tertiary/aromatic N) is 2. The van der Waals surface area contributed by atoms with Crippen LogP contribution in [0.2, 0.25) is 0 Å². The number of hydrogen-bond acceptors (Lipinski definition) is 6. The molecule has 25 heavy (non-hydrogen) atoms. The standard InChI is InChI=1S/C18H15FN2O4/c1-12-20-21-17(25-12)13-5-4-6-14(11-13)18(22)24-10-9-23-16-8-3-2-7-15(16)19/h2-8,11H,9-10H2,1H3. The van der Waals surface area contributed by atoms with Crippen LogP contribution in [-0.2, 0) is 4.74 Å². The fourth-order valence-electron chi connectivity index (χ4n) is 2.12. The molecule has 0 saturated heterocycles. The fourth-order valence-corrected chi connectivity index (χ4v) is 2.12. The van der Waals surface area contributed by atoms with Crippen molar-refractivity contribution >= 4 is 5.97 Å². The predicted molar refractivity (Wildman–Crippen MR) is 86.6 cm³/mol. The number of benzene rings is 2. The Morgan fingerprint density at radius 2 is 1.96 bits per heavy atom. The van der Waals surface area contributed by atoms with E-state index in [1.165, 1.54) is 12.1 Å². The summed E-state index contributed by atoms with van der Waals surface area (Å²) >= 11 is 0. The minimum absolute atomic E-state index is 0.00292. The Morgan fingerprint density at radius 1 is 1.12 bits per heavy atom. The molecule has 0 aliphatic heterocycles. The van der Waals surface area contributed by atoms with Gasteiger partial charge in [-0.25, -0.2) is 9.18 Å². The summed E-state index contributed by atoms with van der Waals surface area (Å²) in [6.07, 6.45) is 0. The lowest BCUT2D eigenvalue weighted by Crippen LogP contribution is -2.12. The molecule has 0 N–H and O–H groups in total. The maximum absolute atomic E-state index is 13.4. The number of halogens is 1. The minimum atomic E-state index is -0.518. The van der Waals surface area contributed by atoms with Gasteiger partial charge in [0.1, 0.15) is 13.2 Å². The summed E-state index contributed by atoms with van der Waals surface area (Å²) in [5.41, 5.74) is 0.969. The summed E-state index contributed by atoms with van der Waals surface area (Å²) in [7, 11) is 0. The van der Waals surface area contributed by atoms with Crippen molar-refractivity contribution in [3.63, 3.8) is 0 Å². The highest BCUT2D eigenvalue weighted by molar-refractivity contribution is 5.90. The molecule has 0 fully saturated rings. The van der Waals surface area contributed by atoms with E-state index in [-0.39, 0.29) is 19.0 Å². The predicted octanol–water partition coefficient (Wildman–Crippen LogP) is 3.42. The molecule has 3 rings (SSSR count). The normalized spacial score (nSPS) is 10.5. The minimum Gasteiger partial charge on any atom is -0.487 e. The van der Waals surface area contributed by atoms with E-state index in [4.69, 9.17) is 13.9 Å². The number of hydrogen-bond donors (Lipinski definition) is 0. The van der Waals surface area contributed by atoms with Gasteiger partial charge in [0.15, 0.2) is 11.6 Å². The number of carbonyl (C=O) groups is 1. The third-order valence-corrected chi connectivity index (χ3v) is 3.28. The van der Waals surface area contributed by atoms with Crippen molar-refractivity contribution in [2.75, 3.05) is 13.2 Å². The van der Waals surface area contributed by atoms with E-state index in [1.807, 2.05) is 0 Å². The van der Waals surface area contributed by atoms with Crippen molar-refractivity contribution in [1.82, 2.24) is 10.2 Å². The average molecular weight is 342 g/mol. The van der Waals surface area contributed by atoms with E-state index in [0.717, 1.165) is 0 Å². The summed E-state index contributed by atoms with van der Waals surface area (Å²) in [4.78, 5) is 12.1. The van der Waals surface area contributed by atoms with Crippen LogP contribution in [0.4, 0.5) is 4.39 Å². The maximum atomic E-state index is 13.4. The topological polar surface area (TPSA) is 74.5 Å². The van der Waals surface area contributed by atoms with Crippen LogP contribution in [0.5, 0.6) is 5.75 Å². The van der Waals surface area contributed by atoms with E-state index in [1.54, 1.807) is 43.3 Å². The van der Waals surface area contributed by atoms with E-state index >= 15 is 0 Å². The van der Waals surface area contributed by atoms with Gasteiger partial charge in [0, 0.05) is 12.5 Å². The SMILES string of the molecule is Cc1nnc(-c2cccc(C(=O)OCCOc3ccccc3F)c2)o1.